The smallest absolute Gasteiger partial charge is 0.331 e. The van der Waals surface area contributed by atoms with E-state index in [1.807, 2.05) is 18.2 Å². The molecule has 0 spiro atoms. The SMILES string of the molecule is O=C(O)C1(n2nnnc2Cc2ccccc2Cl)CCC1. The topological polar surface area (TPSA) is 80.9 Å². The molecule has 1 aromatic heterocycles. The van der Waals surface area contributed by atoms with Gasteiger partial charge in [-0.25, -0.2) is 9.48 Å². The Morgan fingerprint density at radius 3 is 2.75 bits per heavy atom. The fraction of sp³-hybridized carbons (Fsp3) is 0.385. The Kier molecular flexibility index (Phi) is 3.17. The van der Waals surface area contributed by atoms with E-state index in [-0.39, 0.29) is 0 Å². The number of carboxylic acids is 1. The normalized spacial score (nSPS) is 16.6. The lowest BCUT2D eigenvalue weighted by atomic mass is 9.77. The Labute approximate surface area is 120 Å². The molecule has 3 rings (SSSR count). The van der Waals surface area contributed by atoms with Crippen molar-refractivity contribution in [3.8, 4) is 0 Å². The summed E-state index contributed by atoms with van der Waals surface area (Å²) in [5.41, 5.74) is -0.106. The van der Waals surface area contributed by atoms with Crippen molar-refractivity contribution in [2.75, 3.05) is 0 Å². The zero-order valence-electron chi connectivity index (χ0n) is 10.7. The van der Waals surface area contributed by atoms with Crippen LogP contribution in [-0.2, 0) is 16.8 Å². The van der Waals surface area contributed by atoms with Gasteiger partial charge in [-0.05, 0) is 41.3 Å². The molecule has 0 amide bonds. The van der Waals surface area contributed by atoms with Crippen LogP contribution >= 0.6 is 11.6 Å². The minimum Gasteiger partial charge on any atom is -0.479 e. The summed E-state index contributed by atoms with van der Waals surface area (Å²) >= 11 is 6.12. The van der Waals surface area contributed by atoms with E-state index in [1.54, 1.807) is 6.07 Å². The van der Waals surface area contributed by atoms with E-state index in [4.69, 9.17) is 11.6 Å². The van der Waals surface area contributed by atoms with Gasteiger partial charge in [0.05, 0.1) is 0 Å². The highest BCUT2D eigenvalue weighted by atomic mass is 35.5. The molecule has 0 radical (unpaired) electrons. The average molecular weight is 293 g/mol. The fourth-order valence-electron chi connectivity index (χ4n) is 2.49. The van der Waals surface area contributed by atoms with Gasteiger partial charge < -0.3 is 5.11 Å². The second-order valence-corrected chi connectivity index (χ2v) is 5.37. The Morgan fingerprint density at radius 1 is 1.40 bits per heavy atom. The summed E-state index contributed by atoms with van der Waals surface area (Å²) in [5, 5.41) is 21.6. The lowest BCUT2D eigenvalue weighted by molar-refractivity contribution is -0.153. The fourth-order valence-corrected chi connectivity index (χ4v) is 2.69. The Morgan fingerprint density at radius 2 is 2.15 bits per heavy atom. The van der Waals surface area contributed by atoms with Crippen LogP contribution in [0.1, 0.15) is 30.7 Å². The molecule has 0 aliphatic heterocycles. The highest BCUT2D eigenvalue weighted by Gasteiger charge is 2.48. The number of aliphatic carboxylic acids is 1. The van der Waals surface area contributed by atoms with E-state index in [9.17, 15) is 9.90 Å². The summed E-state index contributed by atoms with van der Waals surface area (Å²) in [4.78, 5) is 11.5. The summed E-state index contributed by atoms with van der Waals surface area (Å²) in [6.07, 6.45) is 2.41. The van der Waals surface area contributed by atoms with Gasteiger partial charge in [-0.2, -0.15) is 0 Å². The molecule has 1 saturated carbocycles. The summed E-state index contributed by atoms with van der Waals surface area (Å²) in [7, 11) is 0. The molecule has 6 nitrogen and oxygen atoms in total. The maximum absolute atomic E-state index is 11.5. The summed E-state index contributed by atoms with van der Waals surface area (Å²) < 4.78 is 1.45. The maximum Gasteiger partial charge on any atom is 0.331 e. The molecule has 0 saturated heterocycles. The average Bonchev–Trinajstić information content (AvgIpc) is 2.79. The number of aromatic nitrogens is 4. The summed E-state index contributed by atoms with van der Waals surface area (Å²) in [6.45, 7) is 0. The third-order valence-electron chi connectivity index (χ3n) is 3.82. The van der Waals surface area contributed by atoms with Gasteiger partial charge in [0.25, 0.3) is 0 Å². The van der Waals surface area contributed by atoms with Crippen molar-refractivity contribution in [2.45, 2.75) is 31.2 Å². The molecule has 104 valence electrons. The number of hydrogen-bond acceptors (Lipinski definition) is 4. The quantitative estimate of drug-likeness (QED) is 0.930. The van der Waals surface area contributed by atoms with Crippen LogP contribution in [0.25, 0.3) is 0 Å². The molecule has 0 bridgehead atoms. The van der Waals surface area contributed by atoms with E-state index < -0.39 is 11.5 Å². The van der Waals surface area contributed by atoms with Crippen LogP contribution in [0.4, 0.5) is 0 Å². The maximum atomic E-state index is 11.5. The molecule has 7 heteroatoms. The number of nitrogens with zero attached hydrogens (tertiary/aromatic N) is 4. The van der Waals surface area contributed by atoms with Crippen molar-refractivity contribution in [1.82, 2.24) is 20.2 Å². The minimum absolute atomic E-state index is 0.418. The van der Waals surface area contributed by atoms with Crippen molar-refractivity contribution in [2.24, 2.45) is 0 Å². The van der Waals surface area contributed by atoms with Gasteiger partial charge in [0.1, 0.15) is 0 Å². The van der Waals surface area contributed by atoms with Crippen molar-refractivity contribution in [3.05, 3.63) is 40.7 Å². The van der Waals surface area contributed by atoms with Gasteiger partial charge in [-0.1, -0.05) is 29.8 Å². The first-order valence-corrected chi connectivity index (χ1v) is 6.76. The Balaban J connectivity index is 1.95. The van der Waals surface area contributed by atoms with Crippen molar-refractivity contribution in [1.29, 1.82) is 0 Å². The van der Waals surface area contributed by atoms with Crippen LogP contribution in [0.15, 0.2) is 24.3 Å². The molecular formula is C13H13ClN4O2. The van der Waals surface area contributed by atoms with Crippen LogP contribution in [0, 0.1) is 0 Å². The minimum atomic E-state index is -0.986. The van der Waals surface area contributed by atoms with Gasteiger partial charge in [0, 0.05) is 11.4 Å². The van der Waals surface area contributed by atoms with Gasteiger partial charge in [0.2, 0.25) is 0 Å². The third-order valence-corrected chi connectivity index (χ3v) is 4.19. The molecule has 1 N–H and O–H groups in total. The summed E-state index contributed by atoms with van der Waals surface area (Å²) in [5.74, 6) is -0.350. The molecular weight excluding hydrogens is 280 g/mol. The van der Waals surface area contributed by atoms with Crippen LogP contribution in [0.3, 0.4) is 0 Å². The first kappa shape index (κ1) is 13.1. The molecule has 1 aliphatic carbocycles. The number of carbonyl (C=O) groups is 1. The van der Waals surface area contributed by atoms with E-state index >= 15 is 0 Å². The third kappa shape index (κ3) is 1.96. The van der Waals surface area contributed by atoms with Gasteiger partial charge in [-0.15, -0.1) is 5.10 Å². The highest BCUT2D eigenvalue weighted by molar-refractivity contribution is 6.31. The molecule has 2 aromatic rings. The second kappa shape index (κ2) is 4.86. The van der Waals surface area contributed by atoms with Crippen LogP contribution in [0.5, 0.6) is 0 Å². The molecule has 1 fully saturated rings. The van der Waals surface area contributed by atoms with E-state index in [1.165, 1.54) is 4.68 Å². The molecule has 1 aromatic carbocycles. The zero-order valence-corrected chi connectivity index (χ0v) is 11.4. The Hall–Kier alpha value is -1.95. The van der Waals surface area contributed by atoms with Crippen LogP contribution in [-0.4, -0.2) is 31.3 Å². The lowest BCUT2D eigenvalue weighted by Crippen LogP contribution is -2.49. The summed E-state index contributed by atoms with van der Waals surface area (Å²) in [6, 6.07) is 7.40. The number of carboxylic acid groups (broad SMARTS) is 1. The number of hydrogen-bond donors (Lipinski definition) is 1. The van der Waals surface area contributed by atoms with E-state index in [2.05, 4.69) is 15.5 Å². The number of rotatable bonds is 4. The van der Waals surface area contributed by atoms with Gasteiger partial charge in [-0.3, -0.25) is 0 Å². The number of benzene rings is 1. The van der Waals surface area contributed by atoms with Crippen molar-refractivity contribution >= 4 is 17.6 Å². The molecule has 1 heterocycles. The van der Waals surface area contributed by atoms with Crippen LogP contribution in [0.2, 0.25) is 5.02 Å². The lowest BCUT2D eigenvalue weighted by Gasteiger charge is -2.37. The monoisotopic (exact) mass is 292 g/mol. The second-order valence-electron chi connectivity index (χ2n) is 4.97. The standard InChI is InChI=1S/C13H13ClN4O2/c14-10-5-2-1-4-9(10)8-11-15-16-17-18(11)13(12(19)20)6-3-7-13/h1-2,4-5H,3,6-8H2,(H,19,20). The van der Waals surface area contributed by atoms with Crippen LogP contribution < -0.4 is 0 Å². The van der Waals surface area contributed by atoms with E-state index in [0.29, 0.717) is 30.1 Å². The first-order chi connectivity index (χ1) is 9.63. The van der Waals surface area contributed by atoms with E-state index in [0.717, 1.165) is 12.0 Å². The van der Waals surface area contributed by atoms with Crippen molar-refractivity contribution in [3.63, 3.8) is 0 Å². The van der Waals surface area contributed by atoms with Crippen molar-refractivity contribution < 1.29 is 9.90 Å². The van der Waals surface area contributed by atoms with Gasteiger partial charge in [0.15, 0.2) is 11.4 Å². The number of halogens is 1. The first-order valence-electron chi connectivity index (χ1n) is 6.38. The molecule has 20 heavy (non-hydrogen) atoms. The Bertz CT molecular complexity index is 651. The zero-order chi connectivity index (χ0) is 14.2. The predicted octanol–water partition coefficient (Wildman–Crippen LogP) is 1.88. The molecule has 1 aliphatic rings. The van der Waals surface area contributed by atoms with Gasteiger partial charge >= 0.3 is 5.97 Å². The highest BCUT2D eigenvalue weighted by Crippen LogP contribution is 2.39. The molecule has 0 atom stereocenters. The molecule has 0 unspecified atom stereocenters. The largest absolute Gasteiger partial charge is 0.479 e. The predicted molar refractivity (Wildman–Crippen MR) is 71.5 cm³/mol. The number of tetrazole rings is 1.